The molecule has 0 atom stereocenters. The van der Waals surface area contributed by atoms with Gasteiger partial charge in [0.15, 0.2) is 0 Å². The first-order valence-corrected chi connectivity index (χ1v) is 14.2. The Morgan fingerprint density at radius 2 is 1.19 bits per heavy atom. The topological polar surface area (TPSA) is 4.93 Å². The summed E-state index contributed by atoms with van der Waals surface area (Å²) in [6.45, 7) is 0. The van der Waals surface area contributed by atoms with Crippen LogP contribution in [0.4, 0.5) is 0 Å². The van der Waals surface area contributed by atoms with Crippen LogP contribution in [0, 0.1) is 0 Å². The van der Waals surface area contributed by atoms with Crippen LogP contribution in [0.5, 0.6) is 0 Å². The van der Waals surface area contributed by atoms with E-state index in [1.165, 1.54) is 78.6 Å². The zero-order chi connectivity index (χ0) is 24.1. The molecule has 3 heterocycles. The SMILES string of the molecule is c1ccc2cc3c(cc2c1)sc1cccc(-n2c4ccccc4c4ccc5c6ccccc6sc5c42)c13. The van der Waals surface area contributed by atoms with Gasteiger partial charge in [-0.2, -0.15) is 0 Å². The standard InChI is InChI=1S/C34H19NS2/c1-2-9-21-19-31-26(18-20(21)8-1)32-28(13-7-15-30(32)36-31)35-27-12-5-3-10-22(27)24-16-17-25-23-11-4-6-14-29(23)37-34(25)33(24)35/h1-19H. The zero-order valence-electron chi connectivity index (χ0n) is 19.7. The average Bonchev–Trinajstić information content (AvgIpc) is 3.61. The van der Waals surface area contributed by atoms with Crippen molar-refractivity contribution in [1.29, 1.82) is 0 Å². The molecule has 0 spiro atoms. The molecule has 0 N–H and O–H groups in total. The molecule has 9 aromatic rings. The lowest BCUT2D eigenvalue weighted by molar-refractivity contribution is 1.21. The Morgan fingerprint density at radius 1 is 0.459 bits per heavy atom. The Labute approximate surface area is 220 Å². The van der Waals surface area contributed by atoms with Gasteiger partial charge in [0.1, 0.15) is 0 Å². The highest BCUT2D eigenvalue weighted by Crippen LogP contribution is 2.45. The summed E-state index contributed by atoms with van der Waals surface area (Å²) in [7, 11) is 0. The minimum absolute atomic E-state index is 1.26. The van der Waals surface area contributed by atoms with E-state index in [2.05, 4.69) is 120 Å². The van der Waals surface area contributed by atoms with Crippen LogP contribution in [0.1, 0.15) is 0 Å². The molecule has 3 aromatic heterocycles. The van der Waals surface area contributed by atoms with Crippen LogP contribution in [0.3, 0.4) is 0 Å². The van der Waals surface area contributed by atoms with Gasteiger partial charge >= 0.3 is 0 Å². The largest absolute Gasteiger partial charge is 0.307 e. The number of thiophene rings is 2. The van der Waals surface area contributed by atoms with Gasteiger partial charge in [0.25, 0.3) is 0 Å². The van der Waals surface area contributed by atoms with Gasteiger partial charge in [0.2, 0.25) is 0 Å². The fourth-order valence-electron chi connectivity index (χ4n) is 6.16. The van der Waals surface area contributed by atoms with E-state index in [0.717, 1.165) is 0 Å². The summed E-state index contributed by atoms with van der Waals surface area (Å²) in [5, 5.41) is 10.6. The van der Waals surface area contributed by atoms with Crippen LogP contribution >= 0.6 is 22.7 Å². The highest BCUT2D eigenvalue weighted by Gasteiger charge is 2.20. The summed E-state index contributed by atoms with van der Waals surface area (Å²) >= 11 is 3.81. The molecule has 0 saturated heterocycles. The van der Waals surface area contributed by atoms with Gasteiger partial charge in [-0.15, -0.1) is 22.7 Å². The number of benzene rings is 6. The third-order valence-corrected chi connectivity index (χ3v) is 10.1. The number of para-hydroxylation sites is 1. The Morgan fingerprint density at radius 3 is 2.11 bits per heavy atom. The predicted octanol–water partition coefficient (Wildman–Crippen LogP) is 10.7. The number of fused-ring (bicyclic) bond motifs is 11. The van der Waals surface area contributed by atoms with Crippen LogP contribution in [0.2, 0.25) is 0 Å². The lowest BCUT2D eigenvalue weighted by Gasteiger charge is -2.11. The van der Waals surface area contributed by atoms with Crippen molar-refractivity contribution in [2.75, 3.05) is 0 Å². The Kier molecular flexibility index (Phi) is 3.88. The molecule has 0 aliphatic rings. The number of nitrogens with zero attached hydrogens (tertiary/aromatic N) is 1. The van der Waals surface area contributed by atoms with Crippen LogP contribution in [-0.4, -0.2) is 4.57 Å². The van der Waals surface area contributed by atoms with Crippen molar-refractivity contribution < 1.29 is 0 Å². The first-order chi connectivity index (χ1) is 18.3. The minimum Gasteiger partial charge on any atom is -0.307 e. The summed E-state index contributed by atoms with van der Waals surface area (Å²) in [6, 6.07) is 42.6. The van der Waals surface area contributed by atoms with E-state index in [-0.39, 0.29) is 0 Å². The molecule has 1 nitrogen and oxygen atoms in total. The quantitative estimate of drug-likeness (QED) is 0.209. The highest BCUT2D eigenvalue weighted by molar-refractivity contribution is 7.27. The van der Waals surface area contributed by atoms with Gasteiger partial charge < -0.3 is 4.57 Å². The van der Waals surface area contributed by atoms with E-state index in [1.54, 1.807) is 0 Å². The molecule has 6 aromatic carbocycles. The summed E-state index contributed by atoms with van der Waals surface area (Å²) in [6.07, 6.45) is 0. The van der Waals surface area contributed by atoms with Crippen LogP contribution < -0.4 is 0 Å². The second-order valence-corrected chi connectivity index (χ2v) is 11.9. The third kappa shape index (κ3) is 2.63. The summed E-state index contributed by atoms with van der Waals surface area (Å²) < 4.78 is 7.90. The van der Waals surface area contributed by atoms with Crippen LogP contribution in [0.15, 0.2) is 115 Å². The number of rotatable bonds is 1. The zero-order valence-corrected chi connectivity index (χ0v) is 21.4. The molecule has 0 amide bonds. The molecule has 37 heavy (non-hydrogen) atoms. The normalized spacial score (nSPS) is 12.3. The van der Waals surface area contributed by atoms with Crippen LogP contribution in [-0.2, 0) is 0 Å². The number of aromatic nitrogens is 1. The lowest BCUT2D eigenvalue weighted by atomic mass is 10.1. The molecular weight excluding hydrogens is 487 g/mol. The van der Waals surface area contributed by atoms with Gasteiger partial charge in [-0.3, -0.25) is 0 Å². The fraction of sp³-hybridized carbons (Fsp3) is 0. The van der Waals surface area contributed by atoms with Crippen molar-refractivity contribution in [2.45, 2.75) is 0 Å². The van der Waals surface area contributed by atoms with Crippen molar-refractivity contribution in [2.24, 2.45) is 0 Å². The Hall–Kier alpha value is -4.18. The maximum atomic E-state index is 2.53. The molecule has 9 rings (SSSR count). The molecule has 172 valence electrons. The Bertz CT molecular complexity index is 2360. The van der Waals surface area contributed by atoms with E-state index in [1.807, 2.05) is 22.7 Å². The van der Waals surface area contributed by atoms with Gasteiger partial charge in [-0.25, -0.2) is 0 Å². The maximum absolute atomic E-state index is 2.53. The van der Waals surface area contributed by atoms with Crippen LogP contribution in [0.25, 0.3) is 78.6 Å². The second kappa shape index (κ2) is 7.19. The van der Waals surface area contributed by atoms with E-state index in [9.17, 15) is 0 Å². The van der Waals surface area contributed by atoms with E-state index >= 15 is 0 Å². The number of hydrogen-bond donors (Lipinski definition) is 0. The monoisotopic (exact) mass is 505 g/mol. The minimum atomic E-state index is 1.26. The van der Waals surface area contributed by atoms with Crippen molar-refractivity contribution in [3.8, 4) is 5.69 Å². The Balaban J connectivity index is 1.52. The first kappa shape index (κ1) is 19.9. The van der Waals surface area contributed by atoms with E-state index < -0.39 is 0 Å². The molecule has 0 bridgehead atoms. The lowest BCUT2D eigenvalue weighted by Crippen LogP contribution is -1.94. The predicted molar refractivity (Wildman–Crippen MR) is 164 cm³/mol. The molecule has 0 aliphatic carbocycles. The van der Waals surface area contributed by atoms with Crippen molar-refractivity contribution in [1.82, 2.24) is 4.57 Å². The maximum Gasteiger partial charge on any atom is 0.0720 e. The van der Waals surface area contributed by atoms with E-state index in [0.29, 0.717) is 0 Å². The molecular formula is C34H19NS2. The summed E-state index contributed by atoms with van der Waals surface area (Å²) in [4.78, 5) is 0. The smallest absolute Gasteiger partial charge is 0.0720 e. The molecule has 0 saturated carbocycles. The first-order valence-electron chi connectivity index (χ1n) is 12.5. The third-order valence-electron chi connectivity index (χ3n) is 7.76. The summed E-state index contributed by atoms with van der Waals surface area (Å²) in [5.74, 6) is 0. The molecule has 0 unspecified atom stereocenters. The molecule has 0 radical (unpaired) electrons. The highest BCUT2D eigenvalue weighted by atomic mass is 32.1. The van der Waals surface area contributed by atoms with Crippen molar-refractivity contribution in [3.05, 3.63) is 115 Å². The summed E-state index contributed by atoms with van der Waals surface area (Å²) in [5.41, 5.74) is 3.83. The van der Waals surface area contributed by atoms with E-state index in [4.69, 9.17) is 0 Å². The average molecular weight is 506 g/mol. The van der Waals surface area contributed by atoms with Gasteiger partial charge in [-0.05, 0) is 47.2 Å². The second-order valence-electron chi connectivity index (χ2n) is 9.74. The van der Waals surface area contributed by atoms with Gasteiger partial charge in [0, 0.05) is 46.4 Å². The van der Waals surface area contributed by atoms with Gasteiger partial charge in [-0.1, -0.05) is 78.9 Å². The molecule has 0 fully saturated rings. The fourth-order valence-corrected chi connectivity index (χ4v) is 8.56. The van der Waals surface area contributed by atoms with Gasteiger partial charge in [0.05, 0.1) is 21.4 Å². The number of hydrogen-bond acceptors (Lipinski definition) is 2. The van der Waals surface area contributed by atoms with Crippen molar-refractivity contribution in [3.63, 3.8) is 0 Å². The molecule has 3 heteroatoms. The van der Waals surface area contributed by atoms with Crippen molar-refractivity contribution >= 4 is 95.6 Å². The molecule has 0 aliphatic heterocycles.